The van der Waals surface area contributed by atoms with E-state index in [2.05, 4.69) is 11.8 Å². The Morgan fingerprint density at radius 3 is 2.95 bits per heavy atom. The highest BCUT2D eigenvalue weighted by atomic mass is 16.5. The Bertz CT molecular complexity index is 461. The fraction of sp³-hybridized carbons (Fsp3) is 0.500. The van der Waals surface area contributed by atoms with Crippen molar-refractivity contribution >= 4 is 5.78 Å². The van der Waals surface area contributed by atoms with Gasteiger partial charge < -0.3 is 14.9 Å². The summed E-state index contributed by atoms with van der Waals surface area (Å²) in [6, 6.07) is 4.29. The Kier molecular flexibility index (Phi) is 4.39. The van der Waals surface area contributed by atoms with Crippen molar-refractivity contribution in [2.75, 3.05) is 26.3 Å². The predicted octanol–water partition coefficient (Wildman–Crippen LogP) is 1.39. The van der Waals surface area contributed by atoms with E-state index in [9.17, 15) is 15.0 Å². The monoisotopic (exact) mass is 265 g/mol. The van der Waals surface area contributed by atoms with Crippen molar-refractivity contribution in [3.63, 3.8) is 0 Å². The van der Waals surface area contributed by atoms with Gasteiger partial charge in [0, 0.05) is 18.7 Å². The molecule has 0 spiro atoms. The SMILES string of the molecule is CCC1COCCN1CC(=O)c1ccc(O)cc1O. The molecule has 0 bridgehead atoms. The number of phenolic OH excluding ortho intramolecular Hbond substituents is 2. The Hall–Kier alpha value is -1.59. The van der Waals surface area contributed by atoms with Crippen molar-refractivity contribution in [2.45, 2.75) is 19.4 Å². The number of rotatable bonds is 4. The number of ketones is 1. The first-order valence-corrected chi connectivity index (χ1v) is 6.48. The zero-order valence-corrected chi connectivity index (χ0v) is 11.0. The molecule has 1 fully saturated rings. The van der Waals surface area contributed by atoms with Crippen LogP contribution in [0.5, 0.6) is 11.5 Å². The molecule has 2 rings (SSSR count). The summed E-state index contributed by atoms with van der Waals surface area (Å²) in [4.78, 5) is 14.3. The summed E-state index contributed by atoms with van der Waals surface area (Å²) in [5.41, 5.74) is 0.249. The lowest BCUT2D eigenvalue weighted by Gasteiger charge is -2.34. The van der Waals surface area contributed by atoms with Crippen LogP contribution in [0.25, 0.3) is 0 Å². The summed E-state index contributed by atoms with van der Waals surface area (Å²) in [5.74, 6) is -0.365. The minimum Gasteiger partial charge on any atom is -0.508 e. The van der Waals surface area contributed by atoms with Crippen LogP contribution in [0.4, 0.5) is 0 Å². The third-order valence-corrected chi connectivity index (χ3v) is 3.45. The van der Waals surface area contributed by atoms with Gasteiger partial charge in [0.2, 0.25) is 0 Å². The van der Waals surface area contributed by atoms with E-state index in [1.54, 1.807) is 0 Å². The van der Waals surface area contributed by atoms with Gasteiger partial charge in [-0.3, -0.25) is 9.69 Å². The van der Waals surface area contributed by atoms with Gasteiger partial charge in [0.25, 0.3) is 0 Å². The van der Waals surface area contributed by atoms with Crippen LogP contribution in [0.2, 0.25) is 0 Å². The molecule has 1 saturated heterocycles. The highest BCUT2D eigenvalue weighted by Crippen LogP contribution is 2.23. The number of carbonyl (C=O) groups excluding carboxylic acids is 1. The van der Waals surface area contributed by atoms with Crippen molar-refractivity contribution in [1.82, 2.24) is 4.90 Å². The molecule has 0 amide bonds. The van der Waals surface area contributed by atoms with Gasteiger partial charge in [0.1, 0.15) is 11.5 Å². The van der Waals surface area contributed by atoms with Crippen LogP contribution in [-0.4, -0.2) is 53.2 Å². The van der Waals surface area contributed by atoms with E-state index in [4.69, 9.17) is 4.74 Å². The number of carbonyl (C=O) groups is 1. The smallest absolute Gasteiger partial charge is 0.180 e. The van der Waals surface area contributed by atoms with E-state index in [0.717, 1.165) is 13.0 Å². The van der Waals surface area contributed by atoms with Gasteiger partial charge in [-0.2, -0.15) is 0 Å². The number of hydrogen-bond donors (Lipinski definition) is 2. The second-order valence-electron chi connectivity index (χ2n) is 4.73. The number of morpholine rings is 1. The molecule has 1 aliphatic heterocycles. The average Bonchev–Trinajstić information content (AvgIpc) is 2.39. The third kappa shape index (κ3) is 3.24. The molecule has 1 aromatic carbocycles. The second-order valence-corrected chi connectivity index (χ2v) is 4.73. The summed E-state index contributed by atoms with van der Waals surface area (Å²) in [7, 11) is 0. The molecule has 0 aromatic heterocycles. The predicted molar refractivity (Wildman–Crippen MR) is 70.6 cm³/mol. The average molecular weight is 265 g/mol. The Morgan fingerprint density at radius 1 is 1.47 bits per heavy atom. The molecule has 0 radical (unpaired) electrons. The molecule has 104 valence electrons. The van der Waals surface area contributed by atoms with Crippen LogP contribution in [0.1, 0.15) is 23.7 Å². The minimum atomic E-state index is -0.175. The van der Waals surface area contributed by atoms with Crippen LogP contribution in [0.3, 0.4) is 0 Å². The van der Waals surface area contributed by atoms with Crippen LogP contribution in [0.15, 0.2) is 18.2 Å². The number of ether oxygens (including phenoxy) is 1. The van der Waals surface area contributed by atoms with Crippen molar-refractivity contribution in [3.8, 4) is 11.5 Å². The van der Waals surface area contributed by atoms with E-state index >= 15 is 0 Å². The zero-order valence-electron chi connectivity index (χ0n) is 11.0. The first kappa shape index (κ1) is 13.8. The van der Waals surface area contributed by atoms with Gasteiger partial charge in [0.15, 0.2) is 5.78 Å². The highest BCUT2D eigenvalue weighted by Gasteiger charge is 2.24. The van der Waals surface area contributed by atoms with Crippen LogP contribution in [-0.2, 0) is 4.74 Å². The molecule has 0 saturated carbocycles. The summed E-state index contributed by atoms with van der Waals surface area (Å²) in [6.07, 6.45) is 0.925. The number of nitrogens with zero attached hydrogens (tertiary/aromatic N) is 1. The van der Waals surface area contributed by atoms with Gasteiger partial charge in [-0.15, -0.1) is 0 Å². The maximum absolute atomic E-state index is 12.2. The first-order chi connectivity index (χ1) is 9.11. The molecule has 5 heteroatoms. The quantitative estimate of drug-likeness (QED) is 0.805. The topological polar surface area (TPSA) is 70.0 Å². The van der Waals surface area contributed by atoms with Crippen molar-refractivity contribution in [1.29, 1.82) is 0 Å². The van der Waals surface area contributed by atoms with Crippen molar-refractivity contribution < 1.29 is 19.7 Å². The van der Waals surface area contributed by atoms with E-state index in [-0.39, 0.29) is 35.4 Å². The molecule has 1 heterocycles. The minimum absolute atomic E-state index is 0.0492. The summed E-state index contributed by atoms with van der Waals surface area (Å²) in [6.45, 7) is 4.33. The van der Waals surface area contributed by atoms with Crippen LogP contribution in [0, 0.1) is 0 Å². The van der Waals surface area contributed by atoms with E-state index < -0.39 is 0 Å². The molecule has 1 atom stereocenters. The normalized spacial score (nSPS) is 20.4. The first-order valence-electron chi connectivity index (χ1n) is 6.48. The van der Waals surface area contributed by atoms with Crippen LogP contribution < -0.4 is 0 Å². The molecular weight excluding hydrogens is 246 g/mol. The maximum Gasteiger partial charge on any atom is 0.180 e. The zero-order chi connectivity index (χ0) is 13.8. The summed E-state index contributed by atoms with van der Waals surface area (Å²) >= 11 is 0. The molecular formula is C14H19NO4. The molecule has 1 aliphatic rings. The number of phenols is 2. The second kappa shape index (κ2) is 6.04. The molecule has 19 heavy (non-hydrogen) atoms. The molecule has 5 nitrogen and oxygen atoms in total. The fourth-order valence-corrected chi connectivity index (χ4v) is 2.30. The lowest BCUT2D eigenvalue weighted by Crippen LogP contribution is -2.47. The van der Waals surface area contributed by atoms with E-state index in [0.29, 0.717) is 13.2 Å². The Balaban J connectivity index is 2.07. The molecule has 0 aliphatic carbocycles. The Labute approximate surface area is 112 Å². The summed E-state index contributed by atoms with van der Waals surface area (Å²) < 4.78 is 5.39. The lowest BCUT2D eigenvalue weighted by atomic mass is 10.1. The van der Waals surface area contributed by atoms with E-state index in [1.165, 1.54) is 18.2 Å². The van der Waals surface area contributed by atoms with Crippen molar-refractivity contribution in [3.05, 3.63) is 23.8 Å². The Morgan fingerprint density at radius 2 is 2.26 bits per heavy atom. The summed E-state index contributed by atoms with van der Waals surface area (Å²) in [5, 5.41) is 18.9. The van der Waals surface area contributed by atoms with Gasteiger partial charge >= 0.3 is 0 Å². The number of aromatic hydroxyl groups is 2. The standard InChI is InChI=1S/C14H19NO4/c1-2-10-9-19-6-5-15(10)8-14(18)12-4-3-11(16)7-13(12)17/h3-4,7,10,16-17H,2,5-6,8-9H2,1H3. The van der Waals surface area contributed by atoms with Gasteiger partial charge in [-0.05, 0) is 18.6 Å². The van der Waals surface area contributed by atoms with Gasteiger partial charge in [-0.25, -0.2) is 0 Å². The van der Waals surface area contributed by atoms with Gasteiger partial charge in [0.05, 0.1) is 25.3 Å². The van der Waals surface area contributed by atoms with Crippen molar-refractivity contribution in [2.24, 2.45) is 0 Å². The molecule has 2 N–H and O–H groups in total. The fourth-order valence-electron chi connectivity index (χ4n) is 2.30. The molecule has 1 aromatic rings. The third-order valence-electron chi connectivity index (χ3n) is 3.45. The molecule has 1 unspecified atom stereocenters. The van der Waals surface area contributed by atoms with Gasteiger partial charge in [-0.1, -0.05) is 6.92 Å². The number of Topliss-reactive ketones (excluding diaryl/α,β-unsaturated/α-hetero) is 1. The lowest BCUT2D eigenvalue weighted by molar-refractivity contribution is -0.00588. The highest BCUT2D eigenvalue weighted by molar-refractivity contribution is 6.00. The van der Waals surface area contributed by atoms with E-state index in [1.807, 2.05) is 0 Å². The number of hydrogen-bond acceptors (Lipinski definition) is 5. The maximum atomic E-state index is 12.2. The largest absolute Gasteiger partial charge is 0.508 e. The number of benzene rings is 1. The van der Waals surface area contributed by atoms with Crippen LogP contribution >= 0.6 is 0 Å².